The number of likely N-dealkylation sites (tertiary alicyclic amines) is 1. The number of amides is 1. The van der Waals surface area contributed by atoms with Crippen molar-refractivity contribution in [2.45, 2.75) is 19.4 Å². The molecule has 0 saturated carbocycles. The Morgan fingerprint density at radius 3 is 2.63 bits per heavy atom. The molecule has 1 heterocycles. The SMILES string of the molecule is O=C(Nc1ccc2ccccc2c1)C1CCCN(Cc2ccc(F)cc2)C1. The topological polar surface area (TPSA) is 32.3 Å². The van der Waals surface area contributed by atoms with E-state index in [2.05, 4.69) is 22.3 Å². The molecule has 1 unspecified atom stereocenters. The first-order chi connectivity index (χ1) is 13.2. The highest BCUT2D eigenvalue weighted by Crippen LogP contribution is 2.23. The molecular formula is C23H23FN2O. The molecule has 138 valence electrons. The average molecular weight is 362 g/mol. The molecule has 1 fully saturated rings. The number of hydrogen-bond acceptors (Lipinski definition) is 2. The van der Waals surface area contributed by atoms with Gasteiger partial charge in [-0.05, 0) is 60.0 Å². The third-order valence-electron chi connectivity index (χ3n) is 5.21. The predicted molar refractivity (Wildman–Crippen MR) is 107 cm³/mol. The van der Waals surface area contributed by atoms with Crippen LogP contribution in [0.5, 0.6) is 0 Å². The van der Waals surface area contributed by atoms with Gasteiger partial charge in [-0.1, -0.05) is 42.5 Å². The Labute approximate surface area is 158 Å². The number of hydrogen-bond donors (Lipinski definition) is 1. The number of fused-ring (bicyclic) bond motifs is 1. The number of carbonyl (C=O) groups is 1. The minimum absolute atomic E-state index is 0.0225. The summed E-state index contributed by atoms with van der Waals surface area (Å²) in [5, 5.41) is 5.37. The van der Waals surface area contributed by atoms with Gasteiger partial charge in [-0.15, -0.1) is 0 Å². The van der Waals surface area contributed by atoms with Gasteiger partial charge in [-0.2, -0.15) is 0 Å². The summed E-state index contributed by atoms with van der Waals surface area (Å²) in [6.07, 6.45) is 1.90. The van der Waals surface area contributed by atoms with Crippen LogP contribution in [0.2, 0.25) is 0 Å². The highest BCUT2D eigenvalue weighted by atomic mass is 19.1. The van der Waals surface area contributed by atoms with E-state index in [0.29, 0.717) is 0 Å². The van der Waals surface area contributed by atoms with Crippen molar-refractivity contribution in [2.75, 3.05) is 18.4 Å². The van der Waals surface area contributed by atoms with Gasteiger partial charge in [0.15, 0.2) is 0 Å². The molecule has 3 nitrogen and oxygen atoms in total. The summed E-state index contributed by atoms with van der Waals surface area (Å²) in [6.45, 7) is 2.45. The van der Waals surface area contributed by atoms with Crippen LogP contribution in [-0.4, -0.2) is 23.9 Å². The number of benzene rings is 3. The third-order valence-corrected chi connectivity index (χ3v) is 5.21. The van der Waals surface area contributed by atoms with E-state index >= 15 is 0 Å². The van der Waals surface area contributed by atoms with Crippen LogP contribution in [0, 0.1) is 11.7 Å². The Morgan fingerprint density at radius 2 is 1.81 bits per heavy atom. The Kier molecular flexibility index (Phi) is 5.16. The highest BCUT2D eigenvalue weighted by Gasteiger charge is 2.25. The van der Waals surface area contributed by atoms with Gasteiger partial charge >= 0.3 is 0 Å². The standard InChI is InChI=1S/C23H23FN2O/c24-21-10-7-17(8-11-21)15-26-13-3-6-20(16-26)23(27)25-22-12-9-18-4-1-2-5-19(18)14-22/h1-2,4-5,7-12,14,20H,3,6,13,15-16H2,(H,25,27). The Hall–Kier alpha value is -2.72. The molecule has 0 radical (unpaired) electrons. The van der Waals surface area contributed by atoms with Crippen molar-refractivity contribution in [3.8, 4) is 0 Å². The number of rotatable bonds is 4. The zero-order chi connectivity index (χ0) is 18.6. The molecular weight excluding hydrogens is 339 g/mol. The minimum atomic E-state index is -0.218. The zero-order valence-electron chi connectivity index (χ0n) is 15.2. The molecule has 4 rings (SSSR count). The number of nitrogens with zero attached hydrogens (tertiary/aromatic N) is 1. The van der Waals surface area contributed by atoms with Crippen LogP contribution in [-0.2, 0) is 11.3 Å². The molecule has 1 atom stereocenters. The second kappa shape index (κ2) is 7.89. The fourth-order valence-electron chi connectivity index (χ4n) is 3.77. The van der Waals surface area contributed by atoms with Crippen LogP contribution >= 0.6 is 0 Å². The van der Waals surface area contributed by atoms with Crippen molar-refractivity contribution in [1.82, 2.24) is 4.90 Å². The van der Waals surface area contributed by atoms with Crippen LogP contribution in [0.3, 0.4) is 0 Å². The number of halogens is 1. The average Bonchev–Trinajstić information content (AvgIpc) is 2.70. The number of anilines is 1. The number of piperidine rings is 1. The predicted octanol–water partition coefficient (Wildman–Crippen LogP) is 4.83. The normalized spacial score (nSPS) is 17.7. The van der Waals surface area contributed by atoms with Crippen molar-refractivity contribution in [1.29, 1.82) is 0 Å². The fourth-order valence-corrected chi connectivity index (χ4v) is 3.77. The molecule has 0 bridgehead atoms. The first-order valence-electron chi connectivity index (χ1n) is 9.44. The highest BCUT2D eigenvalue weighted by molar-refractivity contribution is 5.95. The second-order valence-corrected chi connectivity index (χ2v) is 7.25. The molecule has 0 spiro atoms. The van der Waals surface area contributed by atoms with Crippen LogP contribution in [0.1, 0.15) is 18.4 Å². The second-order valence-electron chi connectivity index (χ2n) is 7.25. The van der Waals surface area contributed by atoms with Crippen molar-refractivity contribution >= 4 is 22.4 Å². The van der Waals surface area contributed by atoms with Gasteiger partial charge in [-0.25, -0.2) is 4.39 Å². The quantitative estimate of drug-likeness (QED) is 0.721. The largest absolute Gasteiger partial charge is 0.326 e. The molecule has 1 aliphatic heterocycles. The maximum Gasteiger partial charge on any atom is 0.228 e. The van der Waals surface area contributed by atoms with Crippen molar-refractivity contribution in [3.63, 3.8) is 0 Å². The summed E-state index contributed by atoms with van der Waals surface area (Å²) >= 11 is 0. The first kappa shape index (κ1) is 17.7. The van der Waals surface area contributed by atoms with Crippen molar-refractivity contribution in [2.24, 2.45) is 5.92 Å². The van der Waals surface area contributed by atoms with Crippen LogP contribution in [0.25, 0.3) is 10.8 Å². The molecule has 4 heteroatoms. The van der Waals surface area contributed by atoms with E-state index in [9.17, 15) is 9.18 Å². The van der Waals surface area contributed by atoms with E-state index in [0.717, 1.165) is 49.1 Å². The molecule has 1 amide bonds. The first-order valence-corrected chi connectivity index (χ1v) is 9.44. The summed E-state index contributed by atoms with van der Waals surface area (Å²) in [7, 11) is 0. The molecule has 1 N–H and O–H groups in total. The van der Waals surface area contributed by atoms with E-state index in [-0.39, 0.29) is 17.6 Å². The van der Waals surface area contributed by atoms with Gasteiger partial charge in [0.25, 0.3) is 0 Å². The van der Waals surface area contributed by atoms with Gasteiger partial charge in [0.05, 0.1) is 5.92 Å². The minimum Gasteiger partial charge on any atom is -0.326 e. The van der Waals surface area contributed by atoms with E-state index in [4.69, 9.17) is 0 Å². The molecule has 0 aromatic heterocycles. The van der Waals surface area contributed by atoms with E-state index in [1.54, 1.807) is 0 Å². The maximum atomic E-state index is 13.1. The van der Waals surface area contributed by atoms with E-state index < -0.39 is 0 Å². The van der Waals surface area contributed by atoms with Crippen LogP contribution in [0.15, 0.2) is 66.7 Å². The number of carbonyl (C=O) groups excluding carboxylic acids is 1. The lowest BCUT2D eigenvalue weighted by Crippen LogP contribution is -2.40. The van der Waals surface area contributed by atoms with Crippen LogP contribution in [0.4, 0.5) is 10.1 Å². The van der Waals surface area contributed by atoms with E-state index in [1.165, 1.54) is 17.5 Å². The molecule has 1 saturated heterocycles. The summed E-state index contributed by atoms with van der Waals surface area (Å²) in [6, 6.07) is 20.7. The Balaban J connectivity index is 1.39. The Bertz CT molecular complexity index is 939. The van der Waals surface area contributed by atoms with Gasteiger partial charge in [-0.3, -0.25) is 9.69 Å². The zero-order valence-corrected chi connectivity index (χ0v) is 15.2. The van der Waals surface area contributed by atoms with Crippen molar-refractivity contribution < 1.29 is 9.18 Å². The molecule has 0 aliphatic carbocycles. The molecule has 3 aromatic carbocycles. The van der Waals surface area contributed by atoms with E-state index in [1.807, 2.05) is 42.5 Å². The lowest BCUT2D eigenvalue weighted by atomic mass is 9.96. The van der Waals surface area contributed by atoms with Crippen molar-refractivity contribution in [3.05, 3.63) is 78.1 Å². The lowest BCUT2D eigenvalue weighted by molar-refractivity contribution is -0.121. The summed E-state index contributed by atoms with van der Waals surface area (Å²) in [4.78, 5) is 15.0. The van der Waals surface area contributed by atoms with Crippen LogP contribution < -0.4 is 5.32 Å². The summed E-state index contributed by atoms with van der Waals surface area (Å²) < 4.78 is 13.1. The Morgan fingerprint density at radius 1 is 1.04 bits per heavy atom. The van der Waals surface area contributed by atoms with Gasteiger partial charge in [0.2, 0.25) is 5.91 Å². The molecule has 1 aliphatic rings. The van der Waals surface area contributed by atoms with Gasteiger partial charge < -0.3 is 5.32 Å². The maximum absolute atomic E-state index is 13.1. The molecule has 3 aromatic rings. The molecule has 27 heavy (non-hydrogen) atoms. The fraction of sp³-hybridized carbons (Fsp3) is 0.261. The summed E-state index contributed by atoms with van der Waals surface area (Å²) in [5.41, 5.74) is 1.92. The smallest absolute Gasteiger partial charge is 0.228 e. The van der Waals surface area contributed by atoms with Gasteiger partial charge in [0, 0.05) is 18.8 Å². The number of nitrogens with one attached hydrogen (secondary N) is 1. The van der Waals surface area contributed by atoms with Gasteiger partial charge in [0.1, 0.15) is 5.82 Å². The summed E-state index contributed by atoms with van der Waals surface area (Å²) in [5.74, 6) is -0.162. The third kappa shape index (κ3) is 4.34. The lowest BCUT2D eigenvalue weighted by Gasteiger charge is -2.32. The monoisotopic (exact) mass is 362 g/mol.